The summed E-state index contributed by atoms with van der Waals surface area (Å²) >= 11 is 0. The number of benzene rings is 1. The zero-order valence-electron chi connectivity index (χ0n) is 7.01. The molecule has 0 unspecified atom stereocenters. The van der Waals surface area contributed by atoms with E-state index in [-0.39, 0.29) is 5.56 Å². The van der Waals surface area contributed by atoms with E-state index in [1.54, 1.807) is 0 Å². The molecule has 0 fully saturated rings. The average Bonchev–Trinajstić information content (AvgIpc) is 2.10. The van der Waals surface area contributed by atoms with Crippen molar-refractivity contribution in [2.45, 2.75) is 6.04 Å². The van der Waals surface area contributed by atoms with E-state index in [1.807, 2.05) is 0 Å². The molecule has 0 spiro atoms. The van der Waals surface area contributed by atoms with Crippen LogP contribution in [0.4, 0.5) is 0 Å². The Bertz CT molecular complexity index is 376. The Hall–Kier alpha value is -1.95. The fraction of sp³-hybridized carbons (Fsp3) is 0.125. The van der Waals surface area contributed by atoms with Gasteiger partial charge in [0.15, 0.2) is 11.5 Å². The van der Waals surface area contributed by atoms with Crippen LogP contribution in [-0.2, 0) is 4.79 Å². The lowest BCUT2D eigenvalue weighted by atomic mass is 10.1. The van der Waals surface area contributed by atoms with Crippen molar-refractivity contribution >= 4 is 5.97 Å². The van der Waals surface area contributed by atoms with Crippen molar-refractivity contribution in [1.29, 1.82) is 0 Å². The molecule has 0 amide bonds. The van der Waals surface area contributed by atoms with E-state index in [4.69, 9.17) is 21.1 Å². The average molecular weight is 199 g/mol. The summed E-state index contributed by atoms with van der Waals surface area (Å²) in [6.07, 6.45) is 0. The lowest BCUT2D eigenvalue weighted by molar-refractivity contribution is -0.138. The molecule has 0 radical (unpaired) electrons. The molecule has 14 heavy (non-hydrogen) atoms. The molecule has 0 saturated carbocycles. The van der Waals surface area contributed by atoms with Crippen LogP contribution in [0.5, 0.6) is 17.2 Å². The van der Waals surface area contributed by atoms with Gasteiger partial charge in [-0.2, -0.15) is 0 Å². The maximum atomic E-state index is 10.5. The third-order valence-corrected chi connectivity index (χ3v) is 1.72. The summed E-state index contributed by atoms with van der Waals surface area (Å²) in [5.74, 6) is -2.89. The molecule has 76 valence electrons. The first-order chi connectivity index (χ1) is 6.43. The fourth-order valence-electron chi connectivity index (χ4n) is 0.964. The standard InChI is InChI=1S/C8H9NO5/c9-7(8(13)14)3-1-5(11)6(12)2-4(3)10/h1-2,7,10-12H,9H2,(H,13,14)/t7-/m1/s1. The number of phenols is 3. The third kappa shape index (κ3) is 1.69. The van der Waals surface area contributed by atoms with Gasteiger partial charge in [-0.1, -0.05) is 0 Å². The van der Waals surface area contributed by atoms with Gasteiger partial charge in [0, 0.05) is 11.6 Å². The Morgan fingerprint density at radius 2 is 1.64 bits per heavy atom. The highest BCUT2D eigenvalue weighted by atomic mass is 16.4. The summed E-state index contributed by atoms with van der Waals surface area (Å²) in [7, 11) is 0. The summed E-state index contributed by atoms with van der Waals surface area (Å²) < 4.78 is 0. The minimum atomic E-state index is -1.44. The monoisotopic (exact) mass is 199 g/mol. The van der Waals surface area contributed by atoms with Crippen LogP contribution in [0.15, 0.2) is 12.1 Å². The zero-order valence-corrected chi connectivity index (χ0v) is 7.01. The molecule has 0 saturated heterocycles. The minimum Gasteiger partial charge on any atom is -0.507 e. The number of rotatable bonds is 2. The first-order valence-electron chi connectivity index (χ1n) is 3.66. The largest absolute Gasteiger partial charge is 0.507 e. The summed E-state index contributed by atoms with van der Waals surface area (Å²) in [5, 5.41) is 35.8. The number of aromatic hydroxyl groups is 3. The Labute approximate surface area is 78.8 Å². The first kappa shape index (κ1) is 10.1. The van der Waals surface area contributed by atoms with Gasteiger partial charge in [0.05, 0.1) is 0 Å². The van der Waals surface area contributed by atoms with Gasteiger partial charge < -0.3 is 26.2 Å². The second-order valence-corrected chi connectivity index (χ2v) is 2.72. The van der Waals surface area contributed by atoms with Crippen molar-refractivity contribution in [3.8, 4) is 17.2 Å². The van der Waals surface area contributed by atoms with Gasteiger partial charge in [-0.05, 0) is 6.07 Å². The highest BCUT2D eigenvalue weighted by molar-refractivity contribution is 5.77. The molecule has 6 nitrogen and oxygen atoms in total. The van der Waals surface area contributed by atoms with Crippen LogP contribution in [-0.4, -0.2) is 26.4 Å². The summed E-state index contributed by atoms with van der Waals surface area (Å²) in [6.45, 7) is 0. The van der Waals surface area contributed by atoms with Gasteiger partial charge >= 0.3 is 5.97 Å². The molecule has 0 aliphatic carbocycles. The van der Waals surface area contributed by atoms with Crippen LogP contribution in [0.2, 0.25) is 0 Å². The molecule has 0 aliphatic heterocycles. The summed E-state index contributed by atoms with van der Waals surface area (Å²) in [6, 6.07) is 0.290. The number of aliphatic carboxylic acids is 1. The molecule has 0 aliphatic rings. The molecular weight excluding hydrogens is 190 g/mol. The van der Waals surface area contributed by atoms with Gasteiger partial charge in [0.2, 0.25) is 0 Å². The maximum absolute atomic E-state index is 10.5. The SMILES string of the molecule is N[C@@H](C(=O)O)c1cc(O)c(O)cc1O. The van der Waals surface area contributed by atoms with Crippen LogP contribution in [0.25, 0.3) is 0 Å². The molecular formula is C8H9NO5. The highest BCUT2D eigenvalue weighted by Crippen LogP contribution is 2.34. The van der Waals surface area contributed by atoms with Crippen molar-refractivity contribution < 1.29 is 25.2 Å². The van der Waals surface area contributed by atoms with Crippen LogP contribution >= 0.6 is 0 Å². The van der Waals surface area contributed by atoms with E-state index in [9.17, 15) is 9.90 Å². The van der Waals surface area contributed by atoms with Gasteiger partial charge in [-0.25, -0.2) is 0 Å². The Kier molecular flexibility index (Phi) is 2.48. The van der Waals surface area contributed by atoms with E-state index in [1.165, 1.54) is 0 Å². The van der Waals surface area contributed by atoms with Crippen molar-refractivity contribution in [1.82, 2.24) is 0 Å². The van der Waals surface area contributed by atoms with Crippen LogP contribution < -0.4 is 5.73 Å². The van der Waals surface area contributed by atoms with Gasteiger partial charge in [0.1, 0.15) is 11.8 Å². The number of hydrogen-bond donors (Lipinski definition) is 5. The molecule has 1 rings (SSSR count). The van der Waals surface area contributed by atoms with Crippen LogP contribution in [0.3, 0.4) is 0 Å². The van der Waals surface area contributed by atoms with E-state index < -0.39 is 29.3 Å². The maximum Gasteiger partial charge on any atom is 0.325 e. The molecule has 0 bridgehead atoms. The third-order valence-electron chi connectivity index (χ3n) is 1.72. The van der Waals surface area contributed by atoms with Gasteiger partial charge in [0.25, 0.3) is 0 Å². The number of carboxylic acids is 1. The second kappa shape index (κ2) is 3.43. The number of nitrogens with two attached hydrogens (primary N) is 1. The smallest absolute Gasteiger partial charge is 0.325 e. The van der Waals surface area contributed by atoms with E-state index in [2.05, 4.69) is 0 Å². The van der Waals surface area contributed by atoms with E-state index in [0.29, 0.717) is 0 Å². The lowest BCUT2D eigenvalue weighted by Crippen LogP contribution is -2.20. The number of carbonyl (C=O) groups is 1. The molecule has 6 N–H and O–H groups in total. The minimum absolute atomic E-state index is 0.159. The van der Waals surface area contributed by atoms with Crippen molar-refractivity contribution in [3.63, 3.8) is 0 Å². The first-order valence-corrected chi connectivity index (χ1v) is 3.66. The quantitative estimate of drug-likeness (QED) is 0.334. The zero-order chi connectivity index (χ0) is 10.9. The molecule has 1 aromatic carbocycles. The highest BCUT2D eigenvalue weighted by Gasteiger charge is 2.20. The Morgan fingerprint density at radius 3 is 2.14 bits per heavy atom. The molecule has 1 atom stereocenters. The summed E-state index contributed by atoms with van der Waals surface area (Å²) in [4.78, 5) is 10.5. The normalized spacial score (nSPS) is 12.4. The predicted molar refractivity (Wildman–Crippen MR) is 46.0 cm³/mol. The number of carboxylic acid groups (broad SMARTS) is 1. The fourth-order valence-corrected chi connectivity index (χ4v) is 0.964. The number of phenolic OH excluding ortho intramolecular Hbond substituents is 3. The topological polar surface area (TPSA) is 124 Å². The van der Waals surface area contributed by atoms with Crippen molar-refractivity contribution in [2.24, 2.45) is 5.73 Å². The van der Waals surface area contributed by atoms with Crippen molar-refractivity contribution in [3.05, 3.63) is 17.7 Å². The van der Waals surface area contributed by atoms with E-state index >= 15 is 0 Å². The van der Waals surface area contributed by atoms with Gasteiger partial charge in [-0.3, -0.25) is 4.79 Å². The van der Waals surface area contributed by atoms with Gasteiger partial charge in [-0.15, -0.1) is 0 Å². The predicted octanol–water partition coefficient (Wildman–Crippen LogP) is -0.112. The van der Waals surface area contributed by atoms with Crippen LogP contribution in [0, 0.1) is 0 Å². The molecule has 1 aromatic rings. The Balaban J connectivity index is 3.22. The van der Waals surface area contributed by atoms with E-state index in [0.717, 1.165) is 12.1 Å². The summed E-state index contributed by atoms with van der Waals surface area (Å²) in [5.41, 5.74) is 5.05. The van der Waals surface area contributed by atoms with Crippen molar-refractivity contribution in [2.75, 3.05) is 0 Å². The van der Waals surface area contributed by atoms with Crippen LogP contribution in [0.1, 0.15) is 11.6 Å². The lowest BCUT2D eigenvalue weighted by Gasteiger charge is -2.10. The molecule has 0 aromatic heterocycles. The molecule has 0 heterocycles. The molecule has 6 heteroatoms. The number of hydrogen-bond acceptors (Lipinski definition) is 5. The second-order valence-electron chi connectivity index (χ2n) is 2.72. The Morgan fingerprint density at radius 1 is 1.14 bits per heavy atom.